The van der Waals surface area contributed by atoms with E-state index in [-0.39, 0.29) is 36.7 Å². The molecule has 2 amide bonds. The normalized spacial score (nSPS) is 15.7. The monoisotopic (exact) mass is 392 g/mol. The number of amides is 2. The van der Waals surface area contributed by atoms with Crippen molar-refractivity contribution < 1.29 is 14.7 Å². The first-order chi connectivity index (χ1) is 12.6. The predicted octanol–water partition coefficient (Wildman–Crippen LogP) is 2.65. The van der Waals surface area contributed by atoms with Crippen molar-refractivity contribution in [2.75, 3.05) is 25.0 Å². The highest BCUT2D eigenvalue weighted by atomic mass is 35.5. The maximum atomic E-state index is 11.7. The third-order valence-electron chi connectivity index (χ3n) is 5.05. The lowest BCUT2D eigenvalue weighted by Gasteiger charge is -2.36. The molecule has 27 heavy (non-hydrogen) atoms. The van der Waals surface area contributed by atoms with Crippen LogP contribution < -0.4 is 15.5 Å². The molecule has 1 atom stereocenters. The molecule has 1 fully saturated rings. The van der Waals surface area contributed by atoms with Crippen molar-refractivity contribution in [3.63, 3.8) is 0 Å². The Balaban J connectivity index is 0.00000261. The molecule has 0 saturated carbocycles. The summed E-state index contributed by atoms with van der Waals surface area (Å²) in [4.78, 5) is 29.6. The molecule has 3 rings (SSSR count). The van der Waals surface area contributed by atoms with E-state index in [0.717, 1.165) is 42.5 Å². The molecule has 0 spiro atoms. The lowest BCUT2D eigenvalue weighted by atomic mass is 9.87. The number of carbonyl (C=O) groups is 2. The Labute approximate surface area is 164 Å². The molecule has 0 radical (unpaired) electrons. The van der Waals surface area contributed by atoms with Crippen LogP contribution in [0.25, 0.3) is 10.8 Å². The predicted molar refractivity (Wildman–Crippen MR) is 108 cm³/mol. The highest BCUT2D eigenvalue weighted by molar-refractivity contribution is 5.92. The minimum absolute atomic E-state index is 0. The number of fused-ring (bicyclic) bond motifs is 1. The molecule has 0 aliphatic carbocycles. The molecular formula is C19H25ClN4O3. The van der Waals surface area contributed by atoms with Gasteiger partial charge in [0.2, 0.25) is 5.91 Å². The van der Waals surface area contributed by atoms with E-state index in [1.165, 1.54) is 0 Å². The summed E-state index contributed by atoms with van der Waals surface area (Å²) in [6.07, 6.45) is 2.53. The standard InChI is InChI=1S/C19H24N4O3.ClH/c1-20-17(24)12-16(22-19(25)26)14-7-10-23(11-8-14)18-15-5-3-2-4-13(15)6-9-21-18;/h2-6,9,14,16,22H,7-8,10-12H2,1H3,(H,20,24)(H,25,26);1H. The first kappa shape index (κ1) is 20.8. The van der Waals surface area contributed by atoms with E-state index in [0.29, 0.717) is 0 Å². The van der Waals surface area contributed by atoms with Gasteiger partial charge in [-0.2, -0.15) is 0 Å². The number of halogens is 1. The summed E-state index contributed by atoms with van der Waals surface area (Å²) in [7, 11) is 1.56. The fourth-order valence-corrected chi connectivity index (χ4v) is 3.67. The van der Waals surface area contributed by atoms with Crippen LogP contribution in [0.3, 0.4) is 0 Å². The van der Waals surface area contributed by atoms with E-state index >= 15 is 0 Å². The number of rotatable bonds is 5. The highest BCUT2D eigenvalue weighted by Gasteiger charge is 2.30. The summed E-state index contributed by atoms with van der Waals surface area (Å²) in [6.45, 7) is 1.58. The topological polar surface area (TPSA) is 94.6 Å². The van der Waals surface area contributed by atoms with Crippen LogP contribution in [0.5, 0.6) is 0 Å². The molecule has 1 saturated heterocycles. The van der Waals surface area contributed by atoms with Crippen LogP contribution in [0.2, 0.25) is 0 Å². The van der Waals surface area contributed by atoms with Gasteiger partial charge in [0.15, 0.2) is 0 Å². The Kier molecular flexibility index (Phi) is 7.24. The smallest absolute Gasteiger partial charge is 0.404 e. The molecule has 2 heterocycles. The second-order valence-corrected chi connectivity index (χ2v) is 6.61. The average molecular weight is 393 g/mol. The fraction of sp³-hybridized carbons (Fsp3) is 0.421. The Bertz CT molecular complexity index is 788. The van der Waals surface area contributed by atoms with Crippen molar-refractivity contribution in [1.29, 1.82) is 0 Å². The third kappa shape index (κ3) is 5.01. The molecule has 1 aromatic carbocycles. The number of piperidine rings is 1. The van der Waals surface area contributed by atoms with Crippen molar-refractivity contribution in [1.82, 2.24) is 15.6 Å². The fourth-order valence-electron chi connectivity index (χ4n) is 3.67. The average Bonchev–Trinajstić information content (AvgIpc) is 2.66. The largest absolute Gasteiger partial charge is 0.465 e. The summed E-state index contributed by atoms with van der Waals surface area (Å²) in [5.41, 5.74) is 0. The van der Waals surface area contributed by atoms with Gasteiger partial charge in [0, 0.05) is 44.2 Å². The zero-order valence-electron chi connectivity index (χ0n) is 15.2. The van der Waals surface area contributed by atoms with Gasteiger partial charge in [-0.25, -0.2) is 9.78 Å². The summed E-state index contributed by atoms with van der Waals surface area (Å²) in [5.74, 6) is 0.951. The highest BCUT2D eigenvalue weighted by Crippen LogP contribution is 2.29. The molecule has 1 unspecified atom stereocenters. The van der Waals surface area contributed by atoms with Gasteiger partial charge in [-0.15, -0.1) is 12.4 Å². The maximum Gasteiger partial charge on any atom is 0.404 e. The van der Waals surface area contributed by atoms with Crippen molar-refractivity contribution in [2.24, 2.45) is 5.92 Å². The Morgan fingerprint density at radius 3 is 2.63 bits per heavy atom. The number of hydrogen-bond donors (Lipinski definition) is 3. The number of hydrogen-bond acceptors (Lipinski definition) is 4. The zero-order chi connectivity index (χ0) is 18.5. The number of pyridine rings is 1. The number of nitrogens with one attached hydrogen (secondary N) is 2. The number of benzene rings is 1. The quantitative estimate of drug-likeness (QED) is 0.727. The van der Waals surface area contributed by atoms with Crippen LogP contribution in [-0.2, 0) is 4.79 Å². The number of nitrogens with zero attached hydrogens (tertiary/aromatic N) is 2. The van der Waals surface area contributed by atoms with Crippen LogP contribution in [-0.4, -0.2) is 48.3 Å². The molecule has 7 nitrogen and oxygen atoms in total. The van der Waals surface area contributed by atoms with E-state index in [2.05, 4.69) is 32.7 Å². The van der Waals surface area contributed by atoms with E-state index in [4.69, 9.17) is 5.11 Å². The summed E-state index contributed by atoms with van der Waals surface area (Å²) in [5, 5.41) is 16.5. The van der Waals surface area contributed by atoms with E-state index in [9.17, 15) is 9.59 Å². The second-order valence-electron chi connectivity index (χ2n) is 6.61. The van der Waals surface area contributed by atoms with Crippen LogP contribution in [0.4, 0.5) is 10.6 Å². The number of carbonyl (C=O) groups excluding carboxylic acids is 1. The van der Waals surface area contributed by atoms with Crippen molar-refractivity contribution in [3.05, 3.63) is 36.5 Å². The van der Waals surface area contributed by atoms with Gasteiger partial charge in [0.25, 0.3) is 0 Å². The maximum absolute atomic E-state index is 11.7. The van der Waals surface area contributed by atoms with E-state index in [1.807, 2.05) is 24.4 Å². The number of aromatic nitrogens is 1. The van der Waals surface area contributed by atoms with Crippen molar-refractivity contribution >= 4 is 41.0 Å². The SMILES string of the molecule is CNC(=O)CC(NC(=O)O)C1CCN(c2nccc3ccccc23)CC1.Cl. The third-order valence-corrected chi connectivity index (χ3v) is 5.05. The summed E-state index contributed by atoms with van der Waals surface area (Å²) >= 11 is 0. The number of carboxylic acid groups (broad SMARTS) is 1. The van der Waals surface area contributed by atoms with E-state index < -0.39 is 6.09 Å². The van der Waals surface area contributed by atoms with Gasteiger partial charge >= 0.3 is 6.09 Å². The first-order valence-electron chi connectivity index (χ1n) is 8.87. The molecular weight excluding hydrogens is 368 g/mol. The second kappa shape index (κ2) is 9.41. The molecule has 3 N–H and O–H groups in total. The molecule has 1 aliphatic heterocycles. The summed E-state index contributed by atoms with van der Waals surface area (Å²) < 4.78 is 0. The molecule has 1 aliphatic rings. The van der Waals surface area contributed by atoms with Gasteiger partial charge in [0.05, 0.1) is 0 Å². The molecule has 146 valence electrons. The minimum atomic E-state index is -1.09. The molecule has 8 heteroatoms. The lowest BCUT2D eigenvalue weighted by molar-refractivity contribution is -0.121. The Hall–Kier alpha value is -2.54. The van der Waals surface area contributed by atoms with Gasteiger partial charge in [-0.3, -0.25) is 4.79 Å². The lowest BCUT2D eigenvalue weighted by Crippen LogP contribution is -2.47. The minimum Gasteiger partial charge on any atom is -0.465 e. The van der Waals surface area contributed by atoms with Gasteiger partial charge in [-0.1, -0.05) is 24.3 Å². The van der Waals surface area contributed by atoms with Crippen LogP contribution >= 0.6 is 12.4 Å². The van der Waals surface area contributed by atoms with Crippen LogP contribution in [0, 0.1) is 5.92 Å². The van der Waals surface area contributed by atoms with Gasteiger partial charge < -0.3 is 20.6 Å². The first-order valence-corrected chi connectivity index (χ1v) is 8.87. The Morgan fingerprint density at radius 1 is 1.26 bits per heavy atom. The van der Waals surface area contributed by atoms with Gasteiger partial charge in [-0.05, 0) is 30.2 Å². The Morgan fingerprint density at radius 2 is 1.96 bits per heavy atom. The van der Waals surface area contributed by atoms with Crippen molar-refractivity contribution in [3.8, 4) is 0 Å². The van der Waals surface area contributed by atoms with E-state index in [1.54, 1.807) is 7.05 Å². The van der Waals surface area contributed by atoms with Crippen molar-refractivity contribution in [2.45, 2.75) is 25.3 Å². The number of anilines is 1. The van der Waals surface area contributed by atoms with Crippen LogP contribution in [0.1, 0.15) is 19.3 Å². The molecule has 2 aromatic rings. The molecule has 0 bridgehead atoms. The zero-order valence-corrected chi connectivity index (χ0v) is 16.0. The van der Waals surface area contributed by atoms with Gasteiger partial charge in [0.1, 0.15) is 5.82 Å². The summed E-state index contributed by atoms with van der Waals surface area (Å²) in [6, 6.07) is 9.81. The molecule has 1 aromatic heterocycles. The van der Waals surface area contributed by atoms with Crippen LogP contribution in [0.15, 0.2) is 36.5 Å².